The third-order valence-electron chi connectivity index (χ3n) is 2.10. The molecule has 0 atom stereocenters. The lowest BCUT2D eigenvalue weighted by Gasteiger charge is -1.99. The van der Waals surface area contributed by atoms with E-state index < -0.39 is 5.82 Å². The molecule has 2 aromatic rings. The monoisotopic (exact) mass is 216 g/mol. The predicted octanol–water partition coefficient (Wildman–Crippen LogP) is 2.04. The number of Topliss-reactive ketones (excluding diaryl/α,β-unsaturated/α-hetero) is 1. The fourth-order valence-corrected chi connectivity index (χ4v) is 1.32. The molecule has 0 N–H and O–H groups in total. The van der Waals surface area contributed by atoms with E-state index in [1.54, 1.807) is 18.5 Å². The lowest BCUT2D eigenvalue weighted by Crippen LogP contribution is -2.06. The van der Waals surface area contributed by atoms with Crippen LogP contribution in [0.4, 0.5) is 4.39 Å². The number of aromatic nitrogens is 2. The summed E-state index contributed by atoms with van der Waals surface area (Å²) in [5.41, 5.74) is 1.09. The molecule has 2 rings (SSSR count). The lowest BCUT2D eigenvalue weighted by atomic mass is 10.1. The average Bonchev–Trinajstić information content (AvgIpc) is 2.31. The van der Waals surface area contributed by atoms with E-state index in [-0.39, 0.29) is 17.9 Å². The number of carbonyl (C=O) groups is 1. The summed E-state index contributed by atoms with van der Waals surface area (Å²) < 4.78 is 12.6. The third-order valence-corrected chi connectivity index (χ3v) is 2.10. The summed E-state index contributed by atoms with van der Waals surface area (Å²) in [7, 11) is 0. The second-order valence-electron chi connectivity index (χ2n) is 3.32. The molecular formula is C12H9FN2O. The van der Waals surface area contributed by atoms with Crippen LogP contribution < -0.4 is 0 Å². The van der Waals surface area contributed by atoms with Gasteiger partial charge in [0.2, 0.25) is 0 Å². The molecule has 2 aromatic heterocycles. The first-order chi connectivity index (χ1) is 7.75. The zero-order valence-corrected chi connectivity index (χ0v) is 8.43. The summed E-state index contributed by atoms with van der Waals surface area (Å²) in [4.78, 5) is 19.4. The van der Waals surface area contributed by atoms with Gasteiger partial charge in [-0.3, -0.25) is 14.8 Å². The Morgan fingerprint density at radius 3 is 2.75 bits per heavy atom. The number of rotatable bonds is 3. The number of hydrogen-bond acceptors (Lipinski definition) is 3. The lowest BCUT2D eigenvalue weighted by molar-refractivity contribution is 0.0988. The summed E-state index contributed by atoms with van der Waals surface area (Å²) in [5, 5.41) is 0. The first-order valence-electron chi connectivity index (χ1n) is 4.79. The van der Waals surface area contributed by atoms with Crippen molar-refractivity contribution in [2.45, 2.75) is 6.42 Å². The number of nitrogens with zero attached hydrogens (tertiary/aromatic N) is 2. The maximum atomic E-state index is 12.6. The second-order valence-corrected chi connectivity index (χ2v) is 3.32. The third kappa shape index (κ3) is 2.48. The maximum absolute atomic E-state index is 12.6. The Bertz CT molecular complexity index is 482. The largest absolute Gasteiger partial charge is 0.292 e. The van der Waals surface area contributed by atoms with Gasteiger partial charge in [0.05, 0.1) is 6.20 Å². The quantitative estimate of drug-likeness (QED) is 0.737. The summed E-state index contributed by atoms with van der Waals surface area (Å²) in [6.07, 6.45) is 4.54. The minimum Gasteiger partial charge on any atom is -0.292 e. The van der Waals surface area contributed by atoms with Crippen LogP contribution in [-0.4, -0.2) is 15.8 Å². The highest BCUT2D eigenvalue weighted by Crippen LogP contribution is 2.05. The van der Waals surface area contributed by atoms with Crippen LogP contribution in [0.3, 0.4) is 0 Å². The summed E-state index contributed by atoms with van der Waals surface area (Å²) in [5.74, 6) is -0.592. The van der Waals surface area contributed by atoms with E-state index >= 15 is 0 Å². The van der Waals surface area contributed by atoms with Crippen molar-refractivity contribution < 1.29 is 9.18 Å². The Morgan fingerprint density at radius 1 is 1.25 bits per heavy atom. The predicted molar refractivity (Wildman–Crippen MR) is 56.5 cm³/mol. The molecule has 0 aliphatic carbocycles. The van der Waals surface area contributed by atoms with Crippen LogP contribution in [0.2, 0.25) is 0 Å². The van der Waals surface area contributed by atoms with Gasteiger partial charge in [-0.2, -0.15) is 0 Å². The van der Waals surface area contributed by atoms with Crippen molar-refractivity contribution in [1.82, 2.24) is 9.97 Å². The number of hydrogen-bond donors (Lipinski definition) is 0. The zero-order chi connectivity index (χ0) is 11.4. The fourth-order valence-electron chi connectivity index (χ4n) is 1.32. The Hall–Kier alpha value is -2.10. The molecule has 0 bridgehead atoms. The van der Waals surface area contributed by atoms with Gasteiger partial charge in [0.1, 0.15) is 11.5 Å². The molecule has 0 aliphatic heterocycles. The molecule has 0 saturated heterocycles. The Labute approximate surface area is 92.0 Å². The molecule has 80 valence electrons. The average molecular weight is 216 g/mol. The van der Waals surface area contributed by atoms with Crippen LogP contribution in [0, 0.1) is 5.82 Å². The Morgan fingerprint density at radius 2 is 2.12 bits per heavy atom. The van der Waals surface area contributed by atoms with Crippen LogP contribution >= 0.6 is 0 Å². The van der Waals surface area contributed by atoms with Gasteiger partial charge < -0.3 is 0 Å². The number of halogens is 1. The van der Waals surface area contributed by atoms with Crippen molar-refractivity contribution in [2.75, 3.05) is 0 Å². The second kappa shape index (κ2) is 4.61. The molecule has 2 heterocycles. The van der Waals surface area contributed by atoms with Gasteiger partial charge in [-0.25, -0.2) is 4.39 Å². The highest BCUT2D eigenvalue weighted by atomic mass is 19.1. The summed E-state index contributed by atoms with van der Waals surface area (Å²) >= 11 is 0. The van der Waals surface area contributed by atoms with Crippen LogP contribution in [0.1, 0.15) is 16.1 Å². The van der Waals surface area contributed by atoms with E-state index in [0.717, 1.165) is 11.8 Å². The molecule has 0 aromatic carbocycles. The molecule has 0 radical (unpaired) electrons. The van der Waals surface area contributed by atoms with E-state index in [1.165, 1.54) is 12.1 Å². The summed E-state index contributed by atoms with van der Waals surface area (Å²) in [6, 6.07) is 6.19. The first-order valence-corrected chi connectivity index (χ1v) is 4.79. The van der Waals surface area contributed by atoms with Crippen molar-refractivity contribution in [3.63, 3.8) is 0 Å². The molecule has 4 heteroatoms. The van der Waals surface area contributed by atoms with Gasteiger partial charge in [-0.15, -0.1) is 0 Å². The standard InChI is InChI=1S/C12H9FN2O/c13-10-3-4-11(15-8-10)12(16)6-9-2-1-5-14-7-9/h1-5,7-8H,6H2. The molecular weight excluding hydrogens is 207 g/mol. The van der Waals surface area contributed by atoms with Crippen molar-refractivity contribution in [3.05, 3.63) is 59.9 Å². The van der Waals surface area contributed by atoms with Crippen molar-refractivity contribution in [2.24, 2.45) is 0 Å². The van der Waals surface area contributed by atoms with Crippen molar-refractivity contribution >= 4 is 5.78 Å². The van der Waals surface area contributed by atoms with Crippen LogP contribution in [0.25, 0.3) is 0 Å². The molecule has 16 heavy (non-hydrogen) atoms. The van der Waals surface area contributed by atoms with E-state index in [2.05, 4.69) is 9.97 Å². The van der Waals surface area contributed by atoms with E-state index in [4.69, 9.17) is 0 Å². The highest BCUT2D eigenvalue weighted by Gasteiger charge is 2.08. The normalized spacial score (nSPS) is 10.1. The molecule has 0 saturated carbocycles. The van der Waals surface area contributed by atoms with Gasteiger partial charge in [0.15, 0.2) is 5.78 Å². The van der Waals surface area contributed by atoms with Gasteiger partial charge in [0.25, 0.3) is 0 Å². The minimum atomic E-state index is -0.446. The minimum absolute atomic E-state index is 0.145. The van der Waals surface area contributed by atoms with Crippen LogP contribution in [-0.2, 0) is 6.42 Å². The van der Waals surface area contributed by atoms with Gasteiger partial charge >= 0.3 is 0 Å². The first kappa shape index (κ1) is 10.4. The SMILES string of the molecule is O=C(Cc1cccnc1)c1ccc(F)cn1. The van der Waals surface area contributed by atoms with E-state index in [0.29, 0.717) is 0 Å². The number of ketones is 1. The van der Waals surface area contributed by atoms with Gasteiger partial charge in [-0.1, -0.05) is 6.07 Å². The molecule has 0 amide bonds. The Balaban J connectivity index is 2.12. The van der Waals surface area contributed by atoms with E-state index in [1.807, 2.05) is 6.07 Å². The maximum Gasteiger partial charge on any atom is 0.185 e. The molecule has 0 spiro atoms. The smallest absolute Gasteiger partial charge is 0.185 e. The zero-order valence-electron chi connectivity index (χ0n) is 8.43. The Kier molecular flexibility index (Phi) is 3.00. The number of carbonyl (C=O) groups excluding carboxylic acids is 1. The fraction of sp³-hybridized carbons (Fsp3) is 0.0833. The van der Waals surface area contributed by atoms with Crippen molar-refractivity contribution in [3.8, 4) is 0 Å². The molecule has 0 unspecified atom stereocenters. The van der Waals surface area contributed by atoms with Gasteiger partial charge in [-0.05, 0) is 23.8 Å². The van der Waals surface area contributed by atoms with Crippen LogP contribution in [0.5, 0.6) is 0 Å². The van der Waals surface area contributed by atoms with Crippen LogP contribution in [0.15, 0.2) is 42.9 Å². The van der Waals surface area contributed by atoms with Gasteiger partial charge in [0, 0.05) is 18.8 Å². The number of pyridine rings is 2. The molecule has 0 aliphatic rings. The van der Waals surface area contributed by atoms with Crippen molar-refractivity contribution in [1.29, 1.82) is 0 Å². The summed E-state index contributed by atoms with van der Waals surface area (Å²) in [6.45, 7) is 0. The molecule has 0 fully saturated rings. The topological polar surface area (TPSA) is 42.9 Å². The molecule has 3 nitrogen and oxygen atoms in total. The highest BCUT2D eigenvalue weighted by molar-refractivity contribution is 5.95. The van der Waals surface area contributed by atoms with E-state index in [9.17, 15) is 9.18 Å².